The van der Waals surface area contributed by atoms with Crippen molar-refractivity contribution < 1.29 is 19.0 Å². The molecule has 174 valence electrons. The van der Waals surface area contributed by atoms with Crippen molar-refractivity contribution in [3.63, 3.8) is 0 Å². The minimum Gasteiger partial charge on any atom is -0.496 e. The summed E-state index contributed by atoms with van der Waals surface area (Å²) in [6, 6.07) is 4.15. The van der Waals surface area contributed by atoms with Crippen molar-refractivity contribution in [1.82, 2.24) is 15.5 Å². The maximum atomic E-state index is 12.0. The maximum Gasteiger partial charge on any atom is 0.407 e. The molecule has 1 saturated heterocycles. The van der Waals surface area contributed by atoms with Gasteiger partial charge in [-0.3, -0.25) is 4.99 Å². The van der Waals surface area contributed by atoms with Crippen molar-refractivity contribution in [2.75, 3.05) is 27.2 Å². The molecule has 1 aromatic rings. The molecule has 2 N–H and O–H groups in total. The van der Waals surface area contributed by atoms with Crippen LogP contribution in [0.2, 0.25) is 0 Å². The molecule has 1 aromatic carbocycles. The summed E-state index contributed by atoms with van der Waals surface area (Å²) in [7, 11) is 3.45. The van der Waals surface area contributed by atoms with E-state index in [0.717, 1.165) is 42.4 Å². The van der Waals surface area contributed by atoms with E-state index in [4.69, 9.17) is 14.2 Å². The van der Waals surface area contributed by atoms with E-state index >= 15 is 0 Å². The second kappa shape index (κ2) is 10.6. The Hall–Kier alpha value is -1.91. The Kier molecular flexibility index (Phi) is 8.67. The lowest BCUT2D eigenvalue weighted by Gasteiger charge is -2.23. The highest BCUT2D eigenvalue weighted by molar-refractivity contribution is 14.0. The molecule has 1 fully saturated rings. The van der Waals surface area contributed by atoms with Crippen molar-refractivity contribution in [2.24, 2.45) is 4.99 Å². The number of amides is 1. The number of fused-ring (bicyclic) bond motifs is 1. The minimum absolute atomic E-state index is 0. The lowest BCUT2D eigenvalue weighted by atomic mass is 10.1. The summed E-state index contributed by atoms with van der Waals surface area (Å²) in [6.45, 7) is 9.71. The van der Waals surface area contributed by atoms with Gasteiger partial charge in [-0.1, -0.05) is 0 Å². The number of alkyl carbamates (subject to hydrolysis) is 1. The van der Waals surface area contributed by atoms with Crippen molar-refractivity contribution in [3.05, 3.63) is 23.3 Å². The topological polar surface area (TPSA) is 84.4 Å². The normalized spacial score (nSPS) is 20.5. The number of carbonyl (C=O) groups is 1. The molecular formula is C22H35IN4O4. The summed E-state index contributed by atoms with van der Waals surface area (Å²) in [4.78, 5) is 18.6. The molecule has 0 radical (unpaired) electrons. The average Bonchev–Trinajstić information content (AvgIpc) is 3.25. The van der Waals surface area contributed by atoms with Crippen molar-refractivity contribution >= 4 is 36.0 Å². The molecule has 31 heavy (non-hydrogen) atoms. The SMILES string of the molecule is CN=C(NCc1cc2c(cc1OC)CC(C)O2)N1CCC(NC(=O)OC(C)(C)C)C1.I. The molecule has 2 unspecified atom stereocenters. The lowest BCUT2D eigenvalue weighted by molar-refractivity contribution is 0.0507. The van der Waals surface area contributed by atoms with Gasteiger partial charge in [-0.2, -0.15) is 0 Å². The molecule has 0 bridgehead atoms. The average molecular weight is 546 g/mol. The number of benzene rings is 1. The van der Waals surface area contributed by atoms with E-state index in [-0.39, 0.29) is 42.2 Å². The molecule has 0 aliphatic carbocycles. The van der Waals surface area contributed by atoms with Crippen LogP contribution in [-0.2, 0) is 17.7 Å². The van der Waals surface area contributed by atoms with Gasteiger partial charge in [0.25, 0.3) is 0 Å². The lowest BCUT2D eigenvalue weighted by Crippen LogP contribution is -2.44. The summed E-state index contributed by atoms with van der Waals surface area (Å²) in [5.74, 6) is 2.57. The van der Waals surface area contributed by atoms with Crippen LogP contribution in [0.1, 0.15) is 45.2 Å². The summed E-state index contributed by atoms with van der Waals surface area (Å²) in [6.07, 6.45) is 1.56. The highest BCUT2D eigenvalue weighted by atomic mass is 127. The molecule has 2 atom stereocenters. The van der Waals surface area contributed by atoms with Crippen molar-refractivity contribution in [1.29, 1.82) is 0 Å². The number of aliphatic imine (C=N–C) groups is 1. The molecule has 3 rings (SSSR count). The third-order valence-corrected chi connectivity index (χ3v) is 5.16. The predicted molar refractivity (Wildman–Crippen MR) is 132 cm³/mol. The van der Waals surface area contributed by atoms with Crippen LogP contribution in [-0.4, -0.2) is 61.9 Å². The standard InChI is InChI=1S/C22H34N4O4.HI/c1-14-9-15-10-18(28-6)16(11-19(15)29-14)12-24-20(23-5)26-8-7-17(13-26)25-21(27)30-22(2,3)4;/h10-11,14,17H,7-9,12-13H2,1-6H3,(H,23,24)(H,25,27);1H. The maximum absolute atomic E-state index is 12.0. The first kappa shape index (κ1) is 25.4. The van der Waals surface area contributed by atoms with Crippen LogP contribution in [0.3, 0.4) is 0 Å². The zero-order chi connectivity index (χ0) is 21.9. The second-order valence-electron chi connectivity index (χ2n) is 8.88. The van der Waals surface area contributed by atoms with E-state index in [1.54, 1.807) is 14.2 Å². The molecule has 2 heterocycles. The van der Waals surface area contributed by atoms with Gasteiger partial charge in [0.15, 0.2) is 5.96 Å². The molecule has 2 aliphatic rings. The molecule has 0 aromatic heterocycles. The zero-order valence-corrected chi connectivity index (χ0v) is 21.6. The number of rotatable bonds is 4. The zero-order valence-electron chi connectivity index (χ0n) is 19.3. The summed E-state index contributed by atoms with van der Waals surface area (Å²) < 4.78 is 16.8. The van der Waals surface area contributed by atoms with Gasteiger partial charge in [-0.05, 0) is 46.2 Å². The van der Waals surface area contributed by atoms with E-state index in [1.165, 1.54) is 5.56 Å². The summed E-state index contributed by atoms with van der Waals surface area (Å²) >= 11 is 0. The fourth-order valence-corrected chi connectivity index (χ4v) is 3.86. The van der Waals surface area contributed by atoms with Crippen LogP contribution in [0, 0.1) is 0 Å². The van der Waals surface area contributed by atoms with E-state index in [9.17, 15) is 4.79 Å². The number of carbonyl (C=O) groups excluding carboxylic acids is 1. The van der Waals surface area contributed by atoms with Gasteiger partial charge in [0.2, 0.25) is 0 Å². The van der Waals surface area contributed by atoms with Crippen LogP contribution < -0.4 is 20.1 Å². The van der Waals surface area contributed by atoms with E-state index in [2.05, 4.69) is 39.6 Å². The number of nitrogens with zero attached hydrogens (tertiary/aromatic N) is 2. The fraction of sp³-hybridized carbons (Fsp3) is 0.636. The van der Waals surface area contributed by atoms with Crippen LogP contribution in [0.15, 0.2) is 17.1 Å². The molecule has 2 aliphatic heterocycles. The Morgan fingerprint density at radius 1 is 1.35 bits per heavy atom. The molecule has 0 saturated carbocycles. The smallest absolute Gasteiger partial charge is 0.407 e. The fourth-order valence-electron chi connectivity index (χ4n) is 3.86. The number of likely N-dealkylation sites (tertiary alicyclic amines) is 1. The molecule has 0 spiro atoms. The second-order valence-corrected chi connectivity index (χ2v) is 8.88. The first-order valence-corrected chi connectivity index (χ1v) is 10.5. The van der Waals surface area contributed by atoms with Crippen LogP contribution >= 0.6 is 24.0 Å². The number of halogens is 1. The summed E-state index contributed by atoms with van der Waals surface area (Å²) in [5, 5.41) is 6.36. The number of hydrogen-bond donors (Lipinski definition) is 2. The predicted octanol–water partition coefficient (Wildman–Crippen LogP) is 3.31. The highest BCUT2D eigenvalue weighted by Crippen LogP contribution is 2.35. The number of methoxy groups -OCH3 is 1. The van der Waals surface area contributed by atoms with Crippen molar-refractivity contribution in [3.8, 4) is 11.5 Å². The monoisotopic (exact) mass is 546 g/mol. The van der Waals surface area contributed by atoms with Crippen LogP contribution in [0.25, 0.3) is 0 Å². The van der Waals surface area contributed by atoms with Gasteiger partial charge in [-0.25, -0.2) is 4.79 Å². The number of nitrogens with one attached hydrogen (secondary N) is 2. The Morgan fingerprint density at radius 2 is 2.10 bits per heavy atom. The number of ether oxygens (including phenoxy) is 3. The minimum atomic E-state index is -0.504. The highest BCUT2D eigenvalue weighted by Gasteiger charge is 2.28. The largest absolute Gasteiger partial charge is 0.496 e. The Balaban J connectivity index is 0.00000341. The summed E-state index contributed by atoms with van der Waals surface area (Å²) in [5.41, 5.74) is 1.70. The van der Waals surface area contributed by atoms with Crippen molar-refractivity contribution in [2.45, 2.75) is 64.8 Å². The van der Waals surface area contributed by atoms with E-state index < -0.39 is 5.60 Å². The number of hydrogen-bond acceptors (Lipinski definition) is 5. The van der Waals surface area contributed by atoms with Gasteiger partial charge in [0, 0.05) is 44.2 Å². The Morgan fingerprint density at radius 3 is 2.74 bits per heavy atom. The van der Waals surface area contributed by atoms with Crippen LogP contribution in [0.4, 0.5) is 4.79 Å². The van der Waals surface area contributed by atoms with Crippen LogP contribution in [0.5, 0.6) is 11.5 Å². The first-order chi connectivity index (χ1) is 14.2. The molecule has 8 nitrogen and oxygen atoms in total. The Labute approximate surface area is 202 Å². The van der Waals surface area contributed by atoms with Gasteiger partial charge in [0.05, 0.1) is 13.2 Å². The molecular weight excluding hydrogens is 511 g/mol. The van der Waals surface area contributed by atoms with E-state index in [1.807, 2.05) is 20.8 Å². The van der Waals surface area contributed by atoms with E-state index in [0.29, 0.717) is 13.1 Å². The van der Waals surface area contributed by atoms with Gasteiger partial charge >= 0.3 is 6.09 Å². The third-order valence-electron chi connectivity index (χ3n) is 5.16. The Bertz CT molecular complexity index is 809. The number of guanidine groups is 1. The molecule has 1 amide bonds. The van der Waals surface area contributed by atoms with Gasteiger partial charge in [0.1, 0.15) is 23.2 Å². The first-order valence-electron chi connectivity index (χ1n) is 10.5. The van der Waals surface area contributed by atoms with Gasteiger partial charge < -0.3 is 29.7 Å². The van der Waals surface area contributed by atoms with Gasteiger partial charge in [-0.15, -0.1) is 24.0 Å². The quantitative estimate of drug-likeness (QED) is 0.343. The molecule has 9 heteroatoms. The third kappa shape index (κ3) is 6.78.